The van der Waals surface area contributed by atoms with Gasteiger partial charge in [-0.2, -0.15) is 15.4 Å². The van der Waals surface area contributed by atoms with Crippen LogP contribution in [0, 0.1) is 0 Å². The Morgan fingerprint density at radius 2 is 2.25 bits per heavy atom. The fourth-order valence-corrected chi connectivity index (χ4v) is 2.31. The standard InChI is InChI=1S/C13H13N5O2/c1-8(19)18-5-4-9-6-10(2-3-12(9)18)15-13(20)11-7-14-17-16-11/h2-3,6-7H,4-5H2,1H3,(H,15,20)(H,14,16,17). The Kier molecular flexibility index (Phi) is 2.94. The smallest absolute Gasteiger partial charge is 0.277 e. The molecule has 1 aromatic heterocycles. The summed E-state index contributed by atoms with van der Waals surface area (Å²) in [5.41, 5.74) is 2.88. The van der Waals surface area contributed by atoms with Crippen molar-refractivity contribution in [3.05, 3.63) is 35.7 Å². The number of hydrogen-bond acceptors (Lipinski definition) is 4. The number of rotatable bonds is 2. The first-order valence-electron chi connectivity index (χ1n) is 6.23. The number of fused-ring (bicyclic) bond motifs is 1. The Hall–Kier alpha value is -2.70. The molecule has 102 valence electrons. The van der Waals surface area contributed by atoms with Gasteiger partial charge in [0.05, 0.1) is 6.20 Å². The van der Waals surface area contributed by atoms with Crippen molar-refractivity contribution in [1.82, 2.24) is 15.4 Å². The van der Waals surface area contributed by atoms with Crippen LogP contribution in [0.15, 0.2) is 24.4 Å². The van der Waals surface area contributed by atoms with E-state index in [-0.39, 0.29) is 17.5 Å². The zero-order valence-corrected chi connectivity index (χ0v) is 10.9. The van der Waals surface area contributed by atoms with Crippen LogP contribution in [0.1, 0.15) is 23.0 Å². The number of anilines is 2. The Morgan fingerprint density at radius 1 is 1.40 bits per heavy atom. The molecule has 2 aromatic rings. The van der Waals surface area contributed by atoms with Crippen molar-refractivity contribution in [2.45, 2.75) is 13.3 Å². The fourth-order valence-electron chi connectivity index (χ4n) is 2.31. The second-order valence-corrected chi connectivity index (χ2v) is 4.57. The van der Waals surface area contributed by atoms with E-state index >= 15 is 0 Å². The molecule has 0 saturated heterocycles. The highest BCUT2D eigenvalue weighted by Gasteiger charge is 2.22. The second kappa shape index (κ2) is 4.76. The van der Waals surface area contributed by atoms with Gasteiger partial charge in [-0.05, 0) is 30.2 Å². The topological polar surface area (TPSA) is 91.0 Å². The van der Waals surface area contributed by atoms with Gasteiger partial charge in [-0.25, -0.2) is 0 Å². The summed E-state index contributed by atoms with van der Waals surface area (Å²) < 4.78 is 0. The summed E-state index contributed by atoms with van der Waals surface area (Å²) >= 11 is 0. The molecule has 1 aliphatic heterocycles. The van der Waals surface area contributed by atoms with E-state index in [0.29, 0.717) is 12.2 Å². The number of amides is 2. The van der Waals surface area contributed by atoms with E-state index < -0.39 is 0 Å². The maximum Gasteiger partial charge on any atom is 0.277 e. The number of carbonyl (C=O) groups is 2. The molecule has 0 unspecified atom stereocenters. The molecule has 0 atom stereocenters. The van der Waals surface area contributed by atoms with E-state index in [1.165, 1.54) is 6.20 Å². The van der Waals surface area contributed by atoms with Crippen molar-refractivity contribution in [3.8, 4) is 0 Å². The molecule has 2 amide bonds. The van der Waals surface area contributed by atoms with Crippen molar-refractivity contribution in [1.29, 1.82) is 0 Å². The van der Waals surface area contributed by atoms with Gasteiger partial charge in [0.1, 0.15) is 0 Å². The summed E-state index contributed by atoms with van der Waals surface area (Å²) in [5, 5.41) is 12.5. The van der Waals surface area contributed by atoms with Gasteiger partial charge in [0.2, 0.25) is 5.91 Å². The molecule has 20 heavy (non-hydrogen) atoms. The van der Waals surface area contributed by atoms with Gasteiger partial charge in [0.15, 0.2) is 5.69 Å². The fraction of sp³-hybridized carbons (Fsp3) is 0.231. The third-order valence-corrected chi connectivity index (χ3v) is 3.26. The van der Waals surface area contributed by atoms with Gasteiger partial charge in [-0.1, -0.05) is 0 Å². The lowest BCUT2D eigenvalue weighted by molar-refractivity contribution is -0.116. The number of aromatic amines is 1. The first-order valence-corrected chi connectivity index (χ1v) is 6.23. The zero-order chi connectivity index (χ0) is 14.1. The number of nitrogens with zero attached hydrogens (tertiary/aromatic N) is 3. The predicted octanol–water partition coefficient (Wildman–Crippen LogP) is 0.966. The third kappa shape index (κ3) is 2.13. The number of nitrogens with one attached hydrogen (secondary N) is 2. The molecule has 0 spiro atoms. The average molecular weight is 271 g/mol. The summed E-state index contributed by atoms with van der Waals surface area (Å²) in [7, 11) is 0. The van der Waals surface area contributed by atoms with Crippen LogP contribution < -0.4 is 10.2 Å². The minimum Gasteiger partial charge on any atom is -0.321 e. The van der Waals surface area contributed by atoms with E-state index in [1.54, 1.807) is 17.9 Å². The van der Waals surface area contributed by atoms with Gasteiger partial charge in [0, 0.05) is 24.8 Å². The third-order valence-electron chi connectivity index (χ3n) is 3.26. The quantitative estimate of drug-likeness (QED) is 0.851. The van der Waals surface area contributed by atoms with Gasteiger partial charge in [-0.3, -0.25) is 9.59 Å². The zero-order valence-electron chi connectivity index (χ0n) is 10.9. The summed E-state index contributed by atoms with van der Waals surface area (Å²) in [5.74, 6) is -0.289. The lowest BCUT2D eigenvalue weighted by Crippen LogP contribution is -2.25. The van der Waals surface area contributed by atoms with Crippen LogP contribution in [0.5, 0.6) is 0 Å². The van der Waals surface area contributed by atoms with Crippen molar-refractivity contribution in [3.63, 3.8) is 0 Å². The average Bonchev–Trinajstić information content (AvgIpc) is 3.07. The normalized spacial score (nSPS) is 13.2. The summed E-state index contributed by atoms with van der Waals surface area (Å²) in [6, 6.07) is 5.51. The predicted molar refractivity (Wildman–Crippen MR) is 72.5 cm³/mol. The molecule has 0 fully saturated rings. The van der Waals surface area contributed by atoms with Crippen LogP contribution in [-0.4, -0.2) is 33.8 Å². The van der Waals surface area contributed by atoms with Crippen molar-refractivity contribution < 1.29 is 9.59 Å². The van der Waals surface area contributed by atoms with Gasteiger partial charge < -0.3 is 10.2 Å². The highest BCUT2D eigenvalue weighted by Crippen LogP contribution is 2.30. The highest BCUT2D eigenvalue weighted by atomic mass is 16.2. The molecule has 7 heteroatoms. The molecule has 1 aliphatic rings. The van der Waals surface area contributed by atoms with E-state index in [9.17, 15) is 9.59 Å². The van der Waals surface area contributed by atoms with E-state index in [4.69, 9.17) is 0 Å². The number of H-pyrrole nitrogens is 1. The SMILES string of the molecule is CC(=O)N1CCc2cc(NC(=O)c3cn[nH]n3)ccc21. The maximum absolute atomic E-state index is 11.8. The molecule has 2 N–H and O–H groups in total. The molecule has 0 saturated carbocycles. The largest absolute Gasteiger partial charge is 0.321 e. The van der Waals surface area contributed by atoms with Gasteiger partial charge in [0.25, 0.3) is 5.91 Å². The Morgan fingerprint density at radius 3 is 2.95 bits per heavy atom. The number of hydrogen-bond donors (Lipinski definition) is 2. The minimum absolute atomic E-state index is 0.0307. The summed E-state index contributed by atoms with van der Waals surface area (Å²) in [6.45, 7) is 2.24. The molecule has 3 rings (SSSR count). The number of benzene rings is 1. The molecule has 0 bridgehead atoms. The van der Waals surface area contributed by atoms with E-state index in [0.717, 1.165) is 17.7 Å². The highest BCUT2D eigenvalue weighted by molar-refractivity contribution is 6.03. The molecule has 2 heterocycles. The minimum atomic E-state index is -0.319. The van der Waals surface area contributed by atoms with E-state index in [2.05, 4.69) is 20.7 Å². The number of carbonyl (C=O) groups excluding carboxylic acids is 2. The molecule has 0 aliphatic carbocycles. The Balaban J connectivity index is 1.80. The molecule has 0 radical (unpaired) electrons. The van der Waals surface area contributed by atoms with Crippen LogP contribution >= 0.6 is 0 Å². The van der Waals surface area contributed by atoms with Crippen LogP contribution in [-0.2, 0) is 11.2 Å². The molecular formula is C13H13N5O2. The van der Waals surface area contributed by atoms with Crippen LogP contribution in [0.2, 0.25) is 0 Å². The van der Waals surface area contributed by atoms with Gasteiger partial charge >= 0.3 is 0 Å². The Labute approximate surface area is 115 Å². The van der Waals surface area contributed by atoms with Crippen molar-refractivity contribution in [2.24, 2.45) is 0 Å². The van der Waals surface area contributed by atoms with Crippen LogP contribution in [0.4, 0.5) is 11.4 Å². The van der Waals surface area contributed by atoms with Crippen LogP contribution in [0.3, 0.4) is 0 Å². The molecule has 7 nitrogen and oxygen atoms in total. The monoisotopic (exact) mass is 271 g/mol. The number of aromatic nitrogens is 3. The Bertz CT molecular complexity index is 665. The molecular weight excluding hydrogens is 258 g/mol. The van der Waals surface area contributed by atoms with Crippen LogP contribution in [0.25, 0.3) is 0 Å². The van der Waals surface area contributed by atoms with Gasteiger partial charge in [-0.15, -0.1) is 0 Å². The molecule has 1 aromatic carbocycles. The maximum atomic E-state index is 11.8. The lowest BCUT2D eigenvalue weighted by Gasteiger charge is -2.14. The summed E-state index contributed by atoms with van der Waals surface area (Å²) in [6.07, 6.45) is 2.16. The van der Waals surface area contributed by atoms with E-state index in [1.807, 2.05) is 12.1 Å². The van der Waals surface area contributed by atoms with Crippen molar-refractivity contribution >= 4 is 23.2 Å². The lowest BCUT2D eigenvalue weighted by atomic mass is 10.1. The second-order valence-electron chi connectivity index (χ2n) is 4.57. The first-order chi connectivity index (χ1) is 9.65. The summed E-state index contributed by atoms with van der Waals surface area (Å²) in [4.78, 5) is 25.0. The van der Waals surface area contributed by atoms with Crippen molar-refractivity contribution in [2.75, 3.05) is 16.8 Å². The first kappa shape index (κ1) is 12.3.